The molecule has 1 atom stereocenters. The molecule has 2 fully saturated rings. The van der Waals surface area contributed by atoms with Crippen LogP contribution in [0.1, 0.15) is 39.1 Å². The molecule has 3 N–H and O–H groups in total. The lowest BCUT2D eigenvalue weighted by atomic mass is 10.0. The Morgan fingerprint density at radius 1 is 1.03 bits per heavy atom. The molecule has 10 nitrogen and oxygen atoms in total. The number of fused-ring (bicyclic) bond motifs is 1. The van der Waals surface area contributed by atoms with Crippen LogP contribution in [-0.2, 0) is 16.1 Å². The molecule has 33 heavy (non-hydrogen) atoms. The number of rotatable bonds is 5. The number of nitrogens with one attached hydrogen (secondary N) is 3. The fourth-order valence-electron chi connectivity index (χ4n) is 4.50. The molecule has 170 valence electrons. The zero-order valence-corrected chi connectivity index (χ0v) is 18.0. The fraction of sp³-hybridized carbons (Fsp3) is 0.348. The van der Waals surface area contributed by atoms with Crippen LogP contribution in [0.2, 0.25) is 0 Å². The highest BCUT2D eigenvalue weighted by atomic mass is 16.2. The van der Waals surface area contributed by atoms with Crippen LogP contribution in [0, 0.1) is 0 Å². The second-order valence-electron chi connectivity index (χ2n) is 8.28. The van der Waals surface area contributed by atoms with Crippen LogP contribution in [0.5, 0.6) is 0 Å². The van der Waals surface area contributed by atoms with Crippen molar-refractivity contribution in [3.8, 4) is 0 Å². The Hall–Kier alpha value is -3.79. The number of hydrogen-bond donors (Lipinski definition) is 3. The minimum absolute atomic E-state index is 0.0924. The number of pyridine rings is 1. The van der Waals surface area contributed by atoms with Gasteiger partial charge in [-0.1, -0.05) is 12.1 Å². The van der Waals surface area contributed by atoms with Crippen molar-refractivity contribution in [2.24, 2.45) is 0 Å². The maximum Gasteiger partial charge on any atom is 0.262 e. The maximum atomic E-state index is 13.2. The van der Waals surface area contributed by atoms with Crippen molar-refractivity contribution < 1.29 is 19.2 Å². The van der Waals surface area contributed by atoms with Gasteiger partial charge in [-0.15, -0.1) is 0 Å². The second kappa shape index (κ2) is 8.62. The summed E-state index contributed by atoms with van der Waals surface area (Å²) in [6.45, 7) is 4.01. The van der Waals surface area contributed by atoms with E-state index in [-0.39, 0.29) is 18.4 Å². The quantitative estimate of drug-likeness (QED) is 0.565. The van der Waals surface area contributed by atoms with Crippen LogP contribution in [0.15, 0.2) is 36.5 Å². The molecule has 0 radical (unpaired) electrons. The molecule has 4 heterocycles. The Kier molecular flexibility index (Phi) is 5.51. The van der Waals surface area contributed by atoms with Gasteiger partial charge in [-0.25, -0.2) is 4.98 Å². The molecule has 0 bridgehead atoms. The minimum atomic E-state index is -0.974. The monoisotopic (exact) mass is 448 g/mol. The lowest BCUT2D eigenvalue weighted by Gasteiger charge is -2.28. The number of piperazine rings is 1. The first-order chi connectivity index (χ1) is 16.0. The van der Waals surface area contributed by atoms with E-state index >= 15 is 0 Å². The summed E-state index contributed by atoms with van der Waals surface area (Å²) in [7, 11) is 0. The number of hydrogen-bond acceptors (Lipinski definition) is 8. The van der Waals surface area contributed by atoms with E-state index < -0.39 is 29.7 Å². The van der Waals surface area contributed by atoms with Crippen molar-refractivity contribution in [1.29, 1.82) is 0 Å². The summed E-state index contributed by atoms with van der Waals surface area (Å²) in [5, 5.41) is 8.80. The summed E-state index contributed by atoms with van der Waals surface area (Å²) in [5.74, 6) is -1.10. The normalized spacial score (nSPS) is 20.7. The highest BCUT2D eigenvalue weighted by Gasteiger charge is 2.45. The van der Waals surface area contributed by atoms with Gasteiger partial charge >= 0.3 is 0 Å². The van der Waals surface area contributed by atoms with Gasteiger partial charge in [0.25, 0.3) is 11.8 Å². The average molecular weight is 448 g/mol. The highest BCUT2D eigenvalue weighted by Crippen LogP contribution is 2.30. The van der Waals surface area contributed by atoms with Gasteiger partial charge in [0, 0.05) is 39.1 Å². The van der Waals surface area contributed by atoms with Gasteiger partial charge < -0.3 is 15.5 Å². The number of aromatic nitrogens is 1. The topological polar surface area (TPSA) is 124 Å². The SMILES string of the molecule is O=C1CCC(N2C(=O)c3cccc(CNc4ccc(N5CCNCC5)nc4)c3C2=O)C(=O)N1. The van der Waals surface area contributed by atoms with Gasteiger partial charge in [0.05, 0.1) is 23.0 Å². The van der Waals surface area contributed by atoms with E-state index in [1.165, 1.54) is 0 Å². The third-order valence-corrected chi connectivity index (χ3v) is 6.23. The molecule has 5 rings (SSSR count). The summed E-state index contributed by atoms with van der Waals surface area (Å²) in [6, 6.07) is 8.03. The number of amides is 4. The van der Waals surface area contributed by atoms with Crippen molar-refractivity contribution in [2.45, 2.75) is 25.4 Å². The van der Waals surface area contributed by atoms with E-state index in [2.05, 4.69) is 25.8 Å². The lowest BCUT2D eigenvalue weighted by Crippen LogP contribution is -2.54. The summed E-state index contributed by atoms with van der Waals surface area (Å²) < 4.78 is 0. The molecular weight excluding hydrogens is 424 g/mol. The Morgan fingerprint density at radius 2 is 1.85 bits per heavy atom. The second-order valence-corrected chi connectivity index (χ2v) is 8.28. The van der Waals surface area contributed by atoms with Crippen molar-refractivity contribution in [1.82, 2.24) is 20.5 Å². The molecule has 2 saturated heterocycles. The predicted molar refractivity (Wildman–Crippen MR) is 120 cm³/mol. The smallest absolute Gasteiger partial charge is 0.262 e. The molecule has 1 aromatic carbocycles. The van der Waals surface area contributed by atoms with Crippen LogP contribution >= 0.6 is 0 Å². The highest BCUT2D eigenvalue weighted by molar-refractivity contribution is 6.24. The fourth-order valence-corrected chi connectivity index (χ4v) is 4.50. The molecule has 1 aromatic heterocycles. The molecule has 1 unspecified atom stereocenters. The molecule has 0 aliphatic carbocycles. The summed E-state index contributed by atoms with van der Waals surface area (Å²) >= 11 is 0. The van der Waals surface area contributed by atoms with Crippen molar-refractivity contribution >= 4 is 35.1 Å². The number of imide groups is 2. The van der Waals surface area contributed by atoms with E-state index in [0.29, 0.717) is 17.7 Å². The first kappa shape index (κ1) is 21.1. The molecule has 3 aliphatic heterocycles. The Balaban J connectivity index is 1.31. The van der Waals surface area contributed by atoms with E-state index in [4.69, 9.17) is 0 Å². The summed E-state index contributed by atoms with van der Waals surface area (Å²) in [4.78, 5) is 57.6. The standard InChI is InChI=1S/C23H24N6O4/c30-19-7-5-17(21(31)27-19)29-22(32)16-3-1-2-14(20(16)23(29)33)12-25-15-4-6-18(26-13-15)28-10-8-24-9-11-28/h1-4,6,13,17,24-25H,5,7-12H2,(H,27,30,31). The van der Waals surface area contributed by atoms with Gasteiger partial charge in [0.1, 0.15) is 11.9 Å². The van der Waals surface area contributed by atoms with Crippen molar-refractivity contribution in [3.05, 3.63) is 53.2 Å². The minimum Gasteiger partial charge on any atom is -0.380 e. The number of piperidine rings is 1. The van der Waals surface area contributed by atoms with Gasteiger partial charge in [0.15, 0.2) is 0 Å². The Morgan fingerprint density at radius 3 is 2.58 bits per heavy atom. The van der Waals surface area contributed by atoms with Crippen LogP contribution < -0.4 is 20.9 Å². The maximum absolute atomic E-state index is 13.2. The van der Waals surface area contributed by atoms with Crippen LogP contribution in [0.4, 0.5) is 11.5 Å². The van der Waals surface area contributed by atoms with E-state index in [9.17, 15) is 19.2 Å². The van der Waals surface area contributed by atoms with Gasteiger partial charge in [0.2, 0.25) is 11.8 Å². The first-order valence-electron chi connectivity index (χ1n) is 11.0. The van der Waals surface area contributed by atoms with Crippen LogP contribution in [0.25, 0.3) is 0 Å². The van der Waals surface area contributed by atoms with Crippen LogP contribution in [0.3, 0.4) is 0 Å². The third-order valence-electron chi connectivity index (χ3n) is 6.23. The Labute approximate surface area is 190 Å². The van der Waals surface area contributed by atoms with E-state index in [0.717, 1.165) is 42.6 Å². The molecular formula is C23H24N6O4. The zero-order valence-electron chi connectivity index (χ0n) is 18.0. The van der Waals surface area contributed by atoms with E-state index in [1.54, 1.807) is 24.4 Å². The van der Waals surface area contributed by atoms with E-state index in [1.807, 2.05) is 12.1 Å². The predicted octanol–water partition coefficient (Wildman–Crippen LogP) is 0.505. The summed E-state index contributed by atoms with van der Waals surface area (Å²) in [5.41, 5.74) is 2.03. The first-order valence-corrected chi connectivity index (χ1v) is 11.0. The number of nitrogens with zero attached hydrogens (tertiary/aromatic N) is 3. The van der Waals surface area contributed by atoms with Crippen molar-refractivity contribution in [2.75, 3.05) is 36.4 Å². The number of benzene rings is 1. The molecule has 3 aliphatic rings. The largest absolute Gasteiger partial charge is 0.380 e. The molecule has 4 amide bonds. The molecule has 0 saturated carbocycles. The zero-order chi connectivity index (χ0) is 22.9. The number of carbonyl (C=O) groups is 4. The van der Waals surface area contributed by atoms with Gasteiger partial charge in [-0.3, -0.25) is 29.4 Å². The van der Waals surface area contributed by atoms with Gasteiger partial charge in [-0.2, -0.15) is 0 Å². The molecule has 10 heteroatoms. The summed E-state index contributed by atoms with van der Waals surface area (Å²) in [6.07, 6.45) is 1.98. The Bertz CT molecular complexity index is 1130. The van der Waals surface area contributed by atoms with Gasteiger partial charge in [-0.05, 0) is 30.2 Å². The molecule has 2 aromatic rings. The van der Waals surface area contributed by atoms with Crippen LogP contribution in [-0.4, -0.2) is 65.7 Å². The molecule has 0 spiro atoms. The average Bonchev–Trinajstić information content (AvgIpc) is 3.09. The number of anilines is 2. The lowest BCUT2D eigenvalue weighted by molar-refractivity contribution is -0.136. The number of carbonyl (C=O) groups excluding carboxylic acids is 4. The third kappa shape index (κ3) is 3.93. The van der Waals surface area contributed by atoms with Crippen molar-refractivity contribution in [3.63, 3.8) is 0 Å².